The molecule has 0 saturated heterocycles. The van der Waals surface area contributed by atoms with Gasteiger partial charge in [0.2, 0.25) is 0 Å². The summed E-state index contributed by atoms with van der Waals surface area (Å²) in [6.45, 7) is 1.82. The Bertz CT molecular complexity index is 1510. The summed E-state index contributed by atoms with van der Waals surface area (Å²) in [6.07, 6.45) is -1.19. The van der Waals surface area contributed by atoms with E-state index in [1.54, 1.807) is 0 Å². The second-order valence-corrected chi connectivity index (χ2v) is 8.71. The van der Waals surface area contributed by atoms with Crippen molar-refractivity contribution in [3.05, 3.63) is 107 Å². The summed E-state index contributed by atoms with van der Waals surface area (Å²) in [5.74, 6) is -8.35. The summed E-state index contributed by atoms with van der Waals surface area (Å²) in [6, 6.07) is 8.95. The molecule has 40 heavy (non-hydrogen) atoms. The fourth-order valence-electron chi connectivity index (χ4n) is 3.74. The molecule has 1 heterocycles. The lowest BCUT2D eigenvalue weighted by atomic mass is 10.0. The quantitative estimate of drug-likeness (QED) is 0.150. The standard InChI is InChI=1S/C29H20F8N2O/c1-2-3-4-22(30)26(34)17-7-10-21(23(31)11-17)16-5-8-19(9-6-16)29(36,37)40-20-14-38-28(39-15-20)18-12-24(32)27(35)25(33)13-18/h5-15H,2-4H2,1H3. The summed E-state index contributed by atoms with van der Waals surface area (Å²) in [7, 11) is 0. The number of alkyl halides is 2. The molecule has 0 aliphatic rings. The van der Waals surface area contributed by atoms with Crippen molar-refractivity contribution >= 4 is 5.83 Å². The predicted molar refractivity (Wildman–Crippen MR) is 132 cm³/mol. The molecule has 0 aliphatic carbocycles. The predicted octanol–water partition coefficient (Wildman–Crippen LogP) is 9.29. The summed E-state index contributed by atoms with van der Waals surface area (Å²) < 4.78 is 117. The average molecular weight is 564 g/mol. The molecule has 0 aliphatic heterocycles. The molecule has 1 aromatic heterocycles. The van der Waals surface area contributed by atoms with E-state index >= 15 is 0 Å². The summed E-state index contributed by atoms with van der Waals surface area (Å²) in [5.41, 5.74) is -0.905. The van der Waals surface area contributed by atoms with Gasteiger partial charge in [-0.05, 0) is 42.3 Å². The van der Waals surface area contributed by atoms with Gasteiger partial charge in [-0.15, -0.1) is 0 Å². The van der Waals surface area contributed by atoms with Gasteiger partial charge in [0.1, 0.15) is 11.6 Å². The number of benzene rings is 3. The molecule has 0 amide bonds. The van der Waals surface area contributed by atoms with Crippen LogP contribution >= 0.6 is 0 Å². The van der Waals surface area contributed by atoms with Gasteiger partial charge < -0.3 is 4.74 Å². The Morgan fingerprint density at radius 1 is 0.800 bits per heavy atom. The summed E-state index contributed by atoms with van der Waals surface area (Å²) in [5, 5.41) is 0. The maximum atomic E-state index is 14.8. The second kappa shape index (κ2) is 11.8. The van der Waals surface area contributed by atoms with E-state index in [0.29, 0.717) is 25.0 Å². The van der Waals surface area contributed by atoms with Crippen LogP contribution in [0.2, 0.25) is 0 Å². The fraction of sp³-hybridized carbons (Fsp3) is 0.172. The Morgan fingerprint density at radius 3 is 2.00 bits per heavy atom. The van der Waals surface area contributed by atoms with Crippen LogP contribution in [-0.2, 0) is 6.11 Å². The Labute approximate surface area is 223 Å². The van der Waals surface area contributed by atoms with Crippen molar-refractivity contribution in [2.75, 3.05) is 0 Å². The Kier molecular flexibility index (Phi) is 8.51. The molecule has 3 aromatic carbocycles. The zero-order chi connectivity index (χ0) is 29.0. The zero-order valence-corrected chi connectivity index (χ0v) is 20.8. The van der Waals surface area contributed by atoms with Crippen LogP contribution in [0.4, 0.5) is 35.1 Å². The number of rotatable bonds is 9. The third-order valence-electron chi connectivity index (χ3n) is 5.86. The Morgan fingerprint density at radius 2 is 1.43 bits per heavy atom. The van der Waals surface area contributed by atoms with Crippen LogP contribution < -0.4 is 4.74 Å². The monoisotopic (exact) mass is 564 g/mol. The number of allylic oxidation sites excluding steroid dienone is 1. The highest BCUT2D eigenvalue weighted by atomic mass is 19.3. The number of hydrogen-bond donors (Lipinski definition) is 0. The minimum atomic E-state index is -3.89. The van der Waals surface area contributed by atoms with Crippen LogP contribution in [0.5, 0.6) is 5.75 Å². The topological polar surface area (TPSA) is 35.0 Å². The Hall–Kier alpha value is -4.28. The van der Waals surface area contributed by atoms with E-state index in [1.165, 1.54) is 24.3 Å². The van der Waals surface area contributed by atoms with Gasteiger partial charge in [-0.2, -0.15) is 8.78 Å². The molecule has 11 heteroatoms. The molecule has 0 radical (unpaired) electrons. The normalized spacial score (nSPS) is 12.3. The highest BCUT2D eigenvalue weighted by molar-refractivity contribution is 5.69. The third kappa shape index (κ3) is 6.30. The van der Waals surface area contributed by atoms with Gasteiger partial charge in [0.15, 0.2) is 34.9 Å². The van der Waals surface area contributed by atoms with Crippen LogP contribution in [-0.4, -0.2) is 9.97 Å². The van der Waals surface area contributed by atoms with Crippen molar-refractivity contribution in [2.45, 2.75) is 32.3 Å². The Balaban J connectivity index is 1.49. The van der Waals surface area contributed by atoms with Crippen molar-refractivity contribution < 1.29 is 39.9 Å². The highest BCUT2D eigenvalue weighted by Gasteiger charge is 2.35. The molecule has 0 atom stereocenters. The van der Waals surface area contributed by atoms with Gasteiger partial charge in [-0.3, -0.25) is 0 Å². The van der Waals surface area contributed by atoms with E-state index in [4.69, 9.17) is 0 Å². The molecule has 4 aromatic rings. The van der Waals surface area contributed by atoms with E-state index in [0.717, 1.165) is 30.6 Å². The molecule has 0 unspecified atom stereocenters. The first kappa shape index (κ1) is 28.7. The number of ether oxygens (including phenoxy) is 1. The maximum absolute atomic E-state index is 14.8. The third-order valence-corrected chi connectivity index (χ3v) is 5.86. The van der Waals surface area contributed by atoms with Crippen molar-refractivity contribution in [1.82, 2.24) is 9.97 Å². The molecular weight excluding hydrogens is 544 g/mol. The first-order chi connectivity index (χ1) is 19.0. The van der Waals surface area contributed by atoms with E-state index in [-0.39, 0.29) is 34.5 Å². The first-order valence-corrected chi connectivity index (χ1v) is 12.0. The molecular formula is C29H20F8N2O. The van der Waals surface area contributed by atoms with Gasteiger partial charge in [0, 0.05) is 23.1 Å². The van der Waals surface area contributed by atoms with Gasteiger partial charge in [0.05, 0.1) is 18.0 Å². The van der Waals surface area contributed by atoms with Gasteiger partial charge >= 0.3 is 6.11 Å². The average Bonchev–Trinajstić information content (AvgIpc) is 2.94. The summed E-state index contributed by atoms with van der Waals surface area (Å²) >= 11 is 0. The zero-order valence-electron chi connectivity index (χ0n) is 20.8. The number of hydrogen-bond acceptors (Lipinski definition) is 3. The van der Waals surface area contributed by atoms with E-state index in [1.807, 2.05) is 6.92 Å². The molecule has 0 fully saturated rings. The molecule has 0 bridgehead atoms. The molecule has 0 N–H and O–H groups in total. The van der Waals surface area contributed by atoms with Crippen LogP contribution in [0.1, 0.15) is 37.3 Å². The van der Waals surface area contributed by atoms with Crippen LogP contribution in [0.25, 0.3) is 28.3 Å². The van der Waals surface area contributed by atoms with Gasteiger partial charge in [0.25, 0.3) is 0 Å². The smallest absolute Gasteiger partial charge is 0.426 e. The van der Waals surface area contributed by atoms with Crippen molar-refractivity contribution in [3.8, 4) is 28.3 Å². The summed E-state index contributed by atoms with van der Waals surface area (Å²) in [4.78, 5) is 7.45. The van der Waals surface area contributed by atoms with Crippen molar-refractivity contribution in [3.63, 3.8) is 0 Å². The minimum Gasteiger partial charge on any atom is -0.426 e. The largest absolute Gasteiger partial charge is 0.426 e. The fourth-order valence-corrected chi connectivity index (χ4v) is 3.74. The molecule has 0 saturated carbocycles. The lowest BCUT2D eigenvalue weighted by Crippen LogP contribution is -2.22. The van der Waals surface area contributed by atoms with Crippen LogP contribution in [0.15, 0.2) is 72.8 Å². The molecule has 4 rings (SSSR count). The van der Waals surface area contributed by atoms with Crippen molar-refractivity contribution in [2.24, 2.45) is 0 Å². The number of aromatic nitrogens is 2. The molecule has 3 nitrogen and oxygen atoms in total. The number of unbranched alkanes of at least 4 members (excludes halogenated alkanes) is 1. The van der Waals surface area contributed by atoms with Crippen LogP contribution in [0, 0.1) is 23.3 Å². The van der Waals surface area contributed by atoms with Crippen LogP contribution in [0.3, 0.4) is 0 Å². The highest BCUT2D eigenvalue weighted by Crippen LogP contribution is 2.34. The van der Waals surface area contributed by atoms with Crippen molar-refractivity contribution in [1.29, 1.82) is 0 Å². The number of nitrogens with zero attached hydrogens (tertiary/aromatic N) is 2. The SMILES string of the molecule is CCCCC(F)=C(F)c1ccc(-c2ccc(C(F)(F)Oc3cnc(-c4cc(F)c(F)c(F)c4)nc3)cc2)c(F)c1. The van der Waals surface area contributed by atoms with E-state index < -0.39 is 52.3 Å². The van der Waals surface area contributed by atoms with E-state index in [9.17, 15) is 35.1 Å². The minimum absolute atomic E-state index is 0.0149. The van der Waals surface area contributed by atoms with E-state index in [2.05, 4.69) is 14.7 Å². The first-order valence-electron chi connectivity index (χ1n) is 12.0. The van der Waals surface area contributed by atoms with Gasteiger partial charge in [-0.25, -0.2) is 36.3 Å². The maximum Gasteiger partial charge on any atom is 0.426 e. The second-order valence-electron chi connectivity index (χ2n) is 8.71. The number of halogens is 8. The molecule has 0 spiro atoms. The lowest BCUT2D eigenvalue weighted by Gasteiger charge is -2.18. The molecule has 208 valence electrons. The van der Waals surface area contributed by atoms with Gasteiger partial charge in [-0.1, -0.05) is 37.6 Å². The lowest BCUT2D eigenvalue weighted by molar-refractivity contribution is -0.185.